The Labute approximate surface area is 111 Å². The van der Waals surface area contributed by atoms with E-state index in [9.17, 15) is 4.39 Å². The highest BCUT2D eigenvalue weighted by Gasteiger charge is 2.08. The van der Waals surface area contributed by atoms with E-state index in [0.717, 1.165) is 5.56 Å². The number of ether oxygens (including phenoxy) is 1. The van der Waals surface area contributed by atoms with Gasteiger partial charge in [0.25, 0.3) is 0 Å². The molecule has 0 aliphatic rings. The topological polar surface area (TPSA) is 52.0 Å². The molecule has 5 nitrogen and oxygen atoms in total. The average Bonchev–Trinajstić information content (AvgIpc) is 2.85. The molecule has 1 N–H and O–H groups in total. The lowest BCUT2D eigenvalue weighted by molar-refractivity contribution is 0.273. The van der Waals surface area contributed by atoms with Crippen molar-refractivity contribution >= 4 is 0 Å². The van der Waals surface area contributed by atoms with Crippen molar-refractivity contribution in [1.29, 1.82) is 0 Å². The van der Waals surface area contributed by atoms with Crippen LogP contribution in [0.4, 0.5) is 4.39 Å². The Hall–Kier alpha value is -1.95. The largest absolute Gasteiger partial charge is 0.483 e. The van der Waals surface area contributed by atoms with Crippen molar-refractivity contribution in [3.05, 3.63) is 41.7 Å². The Bertz CT molecular complexity index is 541. The smallest absolute Gasteiger partial charge is 0.165 e. The number of hydrogen-bond donors (Lipinski definition) is 1. The van der Waals surface area contributed by atoms with Gasteiger partial charge in [-0.25, -0.2) is 14.1 Å². The number of halogens is 1. The second kappa shape index (κ2) is 6.29. The van der Waals surface area contributed by atoms with Crippen LogP contribution in [0.1, 0.15) is 18.3 Å². The van der Waals surface area contributed by atoms with E-state index in [1.807, 2.05) is 20.0 Å². The quantitative estimate of drug-likeness (QED) is 0.863. The van der Waals surface area contributed by atoms with Crippen molar-refractivity contribution in [3.8, 4) is 5.75 Å². The molecular formula is C13H17FN4O. The first kappa shape index (κ1) is 13.5. The molecule has 0 saturated heterocycles. The fraction of sp³-hybridized carbons (Fsp3) is 0.385. The summed E-state index contributed by atoms with van der Waals surface area (Å²) < 4.78 is 20.9. The van der Waals surface area contributed by atoms with Gasteiger partial charge in [0.15, 0.2) is 17.4 Å². The van der Waals surface area contributed by atoms with Crippen LogP contribution < -0.4 is 10.1 Å². The maximum Gasteiger partial charge on any atom is 0.165 e. The summed E-state index contributed by atoms with van der Waals surface area (Å²) >= 11 is 0. The van der Waals surface area contributed by atoms with Crippen molar-refractivity contribution in [3.63, 3.8) is 0 Å². The molecule has 0 aliphatic heterocycles. The van der Waals surface area contributed by atoms with E-state index < -0.39 is 0 Å². The molecule has 0 bridgehead atoms. The van der Waals surface area contributed by atoms with Crippen LogP contribution in [0, 0.1) is 5.82 Å². The van der Waals surface area contributed by atoms with E-state index in [-0.39, 0.29) is 18.2 Å². The highest BCUT2D eigenvalue weighted by atomic mass is 19.1. The second-order valence-corrected chi connectivity index (χ2v) is 4.08. The van der Waals surface area contributed by atoms with Crippen LogP contribution in [0.25, 0.3) is 0 Å². The molecule has 2 aromatic rings. The lowest BCUT2D eigenvalue weighted by Gasteiger charge is -2.09. The van der Waals surface area contributed by atoms with Crippen molar-refractivity contribution in [2.75, 3.05) is 7.05 Å². The standard InChI is InChI=1S/C13H17FN4O/c1-3-18-13(16-9-17-18)8-19-12-5-4-10(7-15-2)6-11(12)14/h4-6,9,15H,3,7-8H2,1-2H3. The Morgan fingerprint density at radius 1 is 1.42 bits per heavy atom. The van der Waals surface area contributed by atoms with Gasteiger partial charge in [0.05, 0.1) is 0 Å². The Kier molecular flexibility index (Phi) is 4.46. The van der Waals surface area contributed by atoms with E-state index >= 15 is 0 Å². The number of hydrogen-bond acceptors (Lipinski definition) is 4. The van der Waals surface area contributed by atoms with Gasteiger partial charge in [-0.2, -0.15) is 5.10 Å². The molecule has 0 saturated carbocycles. The molecular weight excluding hydrogens is 247 g/mol. The molecule has 0 amide bonds. The molecule has 0 atom stereocenters. The molecule has 2 rings (SSSR count). The highest BCUT2D eigenvalue weighted by Crippen LogP contribution is 2.19. The summed E-state index contributed by atoms with van der Waals surface area (Å²) in [5, 5.41) is 7.00. The number of rotatable bonds is 6. The minimum atomic E-state index is -0.365. The first-order chi connectivity index (χ1) is 9.24. The molecule has 19 heavy (non-hydrogen) atoms. The summed E-state index contributed by atoms with van der Waals surface area (Å²) in [6, 6.07) is 4.94. The van der Waals surface area contributed by atoms with Crippen LogP contribution in [-0.4, -0.2) is 21.8 Å². The van der Waals surface area contributed by atoms with E-state index in [1.54, 1.807) is 10.7 Å². The van der Waals surface area contributed by atoms with E-state index in [4.69, 9.17) is 4.74 Å². The first-order valence-corrected chi connectivity index (χ1v) is 6.17. The number of nitrogens with one attached hydrogen (secondary N) is 1. The van der Waals surface area contributed by atoms with Gasteiger partial charge in [-0.3, -0.25) is 0 Å². The fourth-order valence-electron chi connectivity index (χ4n) is 1.78. The van der Waals surface area contributed by atoms with Gasteiger partial charge in [-0.05, 0) is 31.7 Å². The number of aromatic nitrogens is 3. The van der Waals surface area contributed by atoms with Gasteiger partial charge < -0.3 is 10.1 Å². The average molecular weight is 264 g/mol. The monoisotopic (exact) mass is 264 g/mol. The number of nitrogens with zero attached hydrogens (tertiary/aromatic N) is 3. The SMILES string of the molecule is CCn1ncnc1COc1ccc(CNC)cc1F. The molecule has 102 valence electrons. The molecule has 0 radical (unpaired) electrons. The van der Waals surface area contributed by atoms with E-state index in [1.165, 1.54) is 12.4 Å². The highest BCUT2D eigenvalue weighted by molar-refractivity contribution is 5.29. The summed E-state index contributed by atoms with van der Waals surface area (Å²) in [6.07, 6.45) is 1.47. The molecule has 0 fully saturated rings. The summed E-state index contributed by atoms with van der Waals surface area (Å²) in [7, 11) is 1.82. The third-order valence-electron chi connectivity index (χ3n) is 2.73. The Morgan fingerprint density at radius 3 is 2.95 bits per heavy atom. The molecule has 6 heteroatoms. The van der Waals surface area contributed by atoms with Crippen LogP contribution in [0.15, 0.2) is 24.5 Å². The summed E-state index contributed by atoms with van der Waals surface area (Å²) in [5.74, 6) is 0.544. The lowest BCUT2D eigenvalue weighted by atomic mass is 10.2. The predicted octanol–water partition coefficient (Wildman–Crippen LogP) is 1.74. The molecule has 1 aromatic heterocycles. The maximum absolute atomic E-state index is 13.8. The third kappa shape index (κ3) is 3.29. The predicted molar refractivity (Wildman–Crippen MR) is 69.2 cm³/mol. The Balaban J connectivity index is 2.03. The van der Waals surface area contributed by atoms with E-state index in [2.05, 4.69) is 15.4 Å². The first-order valence-electron chi connectivity index (χ1n) is 6.17. The van der Waals surface area contributed by atoms with E-state index in [0.29, 0.717) is 18.9 Å². The Morgan fingerprint density at radius 2 is 2.26 bits per heavy atom. The maximum atomic E-state index is 13.8. The normalized spacial score (nSPS) is 10.7. The molecule has 1 aromatic carbocycles. The van der Waals surface area contributed by atoms with Crippen molar-refractivity contribution in [2.45, 2.75) is 26.6 Å². The van der Waals surface area contributed by atoms with Crippen molar-refractivity contribution < 1.29 is 9.13 Å². The van der Waals surface area contributed by atoms with Crippen LogP contribution >= 0.6 is 0 Å². The summed E-state index contributed by atoms with van der Waals surface area (Å²) in [6.45, 7) is 3.51. The van der Waals surface area contributed by atoms with Crippen molar-refractivity contribution in [2.24, 2.45) is 0 Å². The van der Waals surface area contributed by atoms with Gasteiger partial charge in [0.1, 0.15) is 12.9 Å². The zero-order valence-corrected chi connectivity index (χ0v) is 11.1. The van der Waals surface area contributed by atoms with Crippen LogP contribution in [-0.2, 0) is 19.7 Å². The van der Waals surface area contributed by atoms with Gasteiger partial charge in [-0.15, -0.1) is 0 Å². The van der Waals surface area contributed by atoms with Gasteiger partial charge in [0.2, 0.25) is 0 Å². The minimum Gasteiger partial charge on any atom is -0.483 e. The number of benzene rings is 1. The van der Waals surface area contributed by atoms with Gasteiger partial charge in [0, 0.05) is 13.1 Å². The van der Waals surface area contributed by atoms with Crippen molar-refractivity contribution in [1.82, 2.24) is 20.1 Å². The van der Waals surface area contributed by atoms with Gasteiger partial charge in [-0.1, -0.05) is 6.07 Å². The number of aryl methyl sites for hydroxylation is 1. The summed E-state index contributed by atoms with van der Waals surface area (Å²) in [5.41, 5.74) is 0.879. The van der Waals surface area contributed by atoms with Crippen LogP contribution in [0.5, 0.6) is 5.75 Å². The molecule has 1 heterocycles. The third-order valence-corrected chi connectivity index (χ3v) is 2.73. The summed E-state index contributed by atoms with van der Waals surface area (Å²) in [4.78, 5) is 4.07. The molecule has 0 spiro atoms. The fourth-order valence-corrected chi connectivity index (χ4v) is 1.78. The molecule has 0 unspecified atom stereocenters. The molecule has 0 aliphatic carbocycles. The van der Waals surface area contributed by atoms with Crippen LogP contribution in [0.3, 0.4) is 0 Å². The second-order valence-electron chi connectivity index (χ2n) is 4.08. The zero-order valence-electron chi connectivity index (χ0n) is 11.1. The van der Waals surface area contributed by atoms with Crippen LogP contribution in [0.2, 0.25) is 0 Å². The van der Waals surface area contributed by atoms with Gasteiger partial charge >= 0.3 is 0 Å². The zero-order chi connectivity index (χ0) is 13.7. The lowest BCUT2D eigenvalue weighted by Crippen LogP contribution is -2.08. The minimum absolute atomic E-state index is 0.204.